The molecule has 0 saturated carbocycles. The zero-order valence-corrected chi connectivity index (χ0v) is 11.9. The summed E-state index contributed by atoms with van der Waals surface area (Å²) in [6.07, 6.45) is 3.80. The van der Waals surface area contributed by atoms with Gasteiger partial charge in [0.2, 0.25) is 11.8 Å². The Morgan fingerprint density at radius 3 is 2.70 bits per heavy atom. The number of carbonyl (C=O) groups excluding carboxylic acids is 2. The first-order valence-corrected chi connectivity index (χ1v) is 6.41. The summed E-state index contributed by atoms with van der Waals surface area (Å²) in [4.78, 5) is 30.3. The predicted molar refractivity (Wildman–Crippen MR) is 75.1 cm³/mol. The Labute approximate surface area is 118 Å². The number of fused-ring (bicyclic) bond motifs is 1. The van der Waals surface area contributed by atoms with Gasteiger partial charge in [0.1, 0.15) is 0 Å². The van der Waals surface area contributed by atoms with Crippen molar-refractivity contribution in [3.8, 4) is 0 Å². The molecule has 1 heterocycles. The van der Waals surface area contributed by atoms with E-state index >= 15 is 0 Å². The number of hydrogen-bond acceptors (Lipinski definition) is 3. The van der Waals surface area contributed by atoms with Crippen LogP contribution < -0.4 is 0 Å². The highest BCUT2D eigenvalue weighted by Crippen LogP contribution is 2.33. The molecule has 20 heavy (non-hydrogen) atoms. The Morgan fingerprint density at radius 1 is 1.35 bits per heavy atom. The fourth-order valence-electron chi connectivity index (χ4n) is 2.31. The quantitative estimate of drug-likeness (QED) is 0.792. The van der Waals surface area contributed by atoms with Gasteiger partial charge in [0.15, 0.2) is 0 Å². The van der Waals surface area contributed by atoms with Crippen molar-refractivity contribution in [3.63, 3.8) is 0 Å². The largest absolute Gasteiger partial charge is 0.311 e. The van der Waals surface area contributed by atoms with Gasteiger partial charge in [-0.2, -0.15) is 0 Å². The van der Waals surface area contributed by atoms with Crippen LogP contribution in [0, 0.1) is 0 Å². The van der Waals surface area contributed by atoms with Crippen LogP contribution in [-0.4, -0.2) is 35.9 Å². The molecule has 0 unspecified atom stereocenters. The second kappa shape index (κ2) is 5.88. The van der Waals surface area contributed by atoms with Gasteiger partial charge < -0.3 is 4.90 Å². The van der Waals surface area contributed by atoms with E-state index in [0.717, 1.165) is 11.1 Å². The van der Waals surface area contributed by atoms with Gasteiger partial charge in [0, 0.05) is 20.2 Å². The highest BCUT2D eigenvalue weighted by atomic mass is 16.7. The van der Waals surface area contributed by atoms with Crippen LogP contribution in [0.2, 0.25) is 0 Å². The molecule has 0 bridgehead atoms. The molecule has 0 saturated heterocycles. The van der Waals surface area contributed by atoms with E-state index in [9.17, 15) is 9.59 Å². The lowest BCUT2D eigenvalue weighted by molar-refractivity contribution is -0.170. The molecule has 0 spiro atoms. The number of benzene rings is 1. The molecule has 0 aliphatic carbocycles. The summed E-state index contributed by atoms with van der Waals surface area (Å²) < 4.78 is 0. The molecule has 1 aromatic rings. The first kappa shape index (κ1) is 14.3. The third kappa shape index (κ3) is 2.72. The van der Waals surface area contributed by atoms with Crippen LogP contribution in [0.4, 0.5) is 0 Å². The van der Waals surface area contributed by atoms with Crippen LogP contribution in [0.25, 0.3) is 6.08 Å². The van der Waals surface area contributed by atoms with Crippen molar-refractivity contribution < 1.29 is 14.4 Å². The van der Waals surface area contributed by atoms with E-state index in [-0.39, 0.29) is 24.3 Å². The second-order valence-electron chi connectivity index (χ2n) is 4.66. The van der Waals surface area contributed by atoms with E-state index < -0.39 is 0 Å². The molecule has 1 aromatic carbocycles. The van der Waals surface area contributed by atoms with Crippen LogP contribution in [0.15, 0.2) is 30.5 Å². The molecule has 0 fully saturated rings. The molecule has 106 valence electrons. The molecule has 1 atom stereocenters. The summed E-state index contributed by atoms with van der Waals surface area (Å²) in [5.74, 6) is -0.262. The van der Waals surface area contributed by atoms with E-state index in [1.165, 1.54) is 19.1 Å². The van der Waals surface area contributed by atoms with E-state index in [4.69, 9.17) is 4.84 Å². The molecule has 2 rings (SSSR count). The Bertz CT molecular complexity index is 554. The zero-order chi connectivity index (χ0) is 14.7. The highest BCUT2D eigenvalue weighted by Gasteiger charge is 2.29. The van der Waals surface area contributed by atoms with E-state index in [1.807, 2.05) is 30.3 Å². The van der Waals surface area contributed by atoms with Gasteiger partial charge in [0.25, 0.3) is 0 Å². The van der Waals surface area contributed by atoms with Crippen LogP contribution in [0.1, 0.15) is 30.5 Å². The number of amides is 2. The van der Waals surface area contributed by atoms with Crippen LogP contribution >= 0.6 is 0 Å². The topological polar surface area (TPSA) is 49.9 Å². The van der Waals surface area contributed by atoms with Crippen LogP contribution in [0.3, 0.4) is 0 Å². The smallest absolute Gasteiger partial charge is 0.248 e. The first-order valence-electron chi connectivity index (χ1n) is 6.41. The molecule has 5 nitrogen and oxygen atoms in total. The summed E-state index contributed by atoms with van der Waals surface area (Å²) in [6.45, 7) is 1.50. The molecule has 1 aliphatic heterocycles. The summed E-state index contributed by atoms with van der Waals surface area (Å²) >= 11 is 0. The zero-order valence-electron chi connectivity index (χ0n) is 11.9. The second-order valence-corrected chi connectivity index (χ2v) is 4.66. The fourth-order valence-corrected chi connectivity index (χ4v) is 2.31. The lowest BCUT2D eigenvalue weighted by Gasteiger charge is -2.33. The van der Waals surface area contributed by atoms with Crippen molar-refractivity contribution in [3.05, 3.63) is 41.6 Å². The number of hydrogen-bond donors (Lipinski definition) is 0. The molecule has 5 heteroatoms. The number of hydroxylamine groups is 2. The number of rotatable bonds is 3. The van der Waals surface area contributed by atoms with Gasteiger partial charge in [-0.15, -0.1) is 0 Å². The maximum Gasteiger partial charge on any atom is 0.248 e. The molecule has 0 N–H and O–H groups in total. The molecule has 2 amide bonds. The Hall–Kier alpha value is -2.14. The summed E-state index contributed by atoms with van der Waals surface area (Å²) in [6, 6.07) is 7.47. The average Bonchev–Trinajstić information content (AvgIpc) is 2.46. The minimum absolute atomic E-state index is 0.0892. The van der Waals surface area contributed by atoms with Crippen molar-refractivity contribution in [2.45, 2.75) is 19.4 Å². The SMILES string of the molecule is CON(C)C(=O)C[C@@H]1c2ccccc2C=CN1C(C)=O. The van der Waals surface area contributed by atoms with E-state index in [0.29, 0.717) is 0 Å². The van der Waals surface area contributed by atoms with Crippen molar-refractivity contribution in [2.75, 3.05) is 14.2 Å². The number of carbonyl (C=O) groups is 2. The Kier molecular flexibility index (Phi) is 4.20. The third-order valence-corrected chi connectivity index (χ3v) is 3.46. The van der Waals surface area contributed by atoms with Gasteiger partial charge in [-0.05, 0) is 17.2 Å². The van der Waals surface area contributed by atoms with Gasteiger partial charge in [0.05, 0.1) is 19.6 Å². The van der Waals surface area contributed by atoms with Crippen LogP contribution in [0.5, 0.6) is 0 Å². The van der Waals surface area contributed by atoms with Crippen molar-refractivity contribution in [1.29, 1.82) is 0 Å². The van der Waals surface area contributed by atoms with Crippen molar-refractivity contribution >= 4 is 17.9 Å². The normalized spacial score (nSPS) is 16.8. The van der Waals surface area contributed by atoms with Crippen molar-refractivity contribution in [1.82, 2.24) is 9.96 Å². The summed E-state index contributed by atoms with van der Waals surface area (Å²) in [5.41, 5.74) is 2.01. The van der Waals surface area contributed by atoms with Gasteiger partial charge in [-0.25, -0.2) is 5.06 Å². The fraction of sp³-hybridized carbons (Fsp3) is 0.333. The average molecular weight is 274 g/mol. The summed E-state index contributed by atoms with van der Waals surface area (Å²) in [7, 11) is 3.00. The van der Waals surface area contributed by atoms with E-state index in [2.05, 4.69) is 0 Å². The molecule has 0 aromatic heterocycles. The maximum absolute atomic E-state index is 12.1. The van der Waals surface area contributed by atoms with E-state index in [1.54, 1.807) is 18.1 Å². The molecule has 1 aliphatic rings. The Morgan fingerprint density at radius 2 is 2.05 bits per heavy atom. The lowest BCUT2D eigenvalue weighted by Crippen LogP contribution is -2.35. The first-order chi connectivity index (χ1) is 9.54. The van der Waals surface area contributed by atoms with Gasteiger partial charge >= 0.3 is 0 Å². The standard InChI is InChI=1S/C15H18N2O3/c1-11(18)17-9-8-12-6-4-5-7-13(12)14(17)10-15(19)16(2)20-3/h4-9,14H,10H2,1-3H3/t14-/m1/s1. The summed E-state index contributed by atoms with van der Waals surface area (Å²) in [5, 5.41) is 1.18. The minimum atomic E-state index is -0.293. The number of nitrogens with zero attached hydrogens (tertiary/aromatic N) is 2. The Balaban J connectivity index is 2.32. The monoisotopic (exact) mass is 274 g/mol. The molecule has 0 radical (unpaired) electrons. The maximum atomic E-state index is 12.1. The minimum Gasteiger partial charge on any atom is -0.311 e. The highest BCUT2D eigenvalue weighted by molar-refractivity contribution is 5.81. The molecular formula is C15H18N2O3. The van der Waals surface area contributed by atoms with Crippen molar-refractivity contribution in [2.24, 2.45) is 0 Å². The van der Waals surface area contributed by atoms with Gasteiger partial charge in [-0.1, -0.05) is 24.3 Å². The molecular weight excluding hydrogens is 256 g/mol. The van der Waals surface area contributed by atoms with Gasteiger partial charge in [-0.3, -0.25) is 14.4 Å². The lowest BCUT2D eigenvalue weighted by atomic mass is 9.93. The predicted octanol–water partition coefficient (Wildman–Crippen LogP) is 1.97. The van der Waals surface area contributed by atoms with Crippen LogP contribution in [-0.2, 0) is 14.4 Å². The third-order valence-electron chi connectivity index (χ3n) is 3.46.